The molecule has 1 nitrogen and oxygen atoms in total. The second-order valence-corrected chi connectivity index (χ2v) is 4.62. The number of unbranched alkanes of at least 4 members (excludes halogenated alkanes) is 1. The number of hydrogen-bond donors (Lipinski definition) is 1. The van der Waals surface area contributed by atoms with E-state index >= 15 is 0 Å². The molecule has 0 amide bonds. The Bertz CT molecular complexity index is 318. The van der Waals surface area contributed by atoms with Crippen LogP contribution >= 0.6 is 11.8 Å². The molecule has 1 rings (SSSR count). The monoisotopic (exact) mass is 245 g/mol. The summed E-state index contributed by atoms with van der Waals surface area (Å²) in [4.78, 5) is 0.406. The molecule has 0 spiro atoms. The Morgan fingerprint density at radius 1 is 1.25 bits per heavy atom. The van der Waals surface area contributed by atoms with E-state index < -0.39 is 0 Å². The third kappa shape index (κ3) is 4.94. The molecule has 1 N–H and O–H groups in total. The first-order valence-corrected chi connectivity index (χ1v) is 6.51. The molecular formula is C12H17F2NS. The largest absolute Gasteiger partial charge is 0.317 e. The minimum absolute atomic E-state index is 0.335. The van der Waals surface area contributed by atoms with E-state index in [1.807, 2.05) is 0 Å². The van der Waals surface area contributed by atoms with Gasteiger partial charge in [0.05, 0.1) is 0 Å². The van der Waals surface area contributed by atoms with Gasteiger partial charge >= 0.3 is 0 Å². The zero-order chi connectivity index (χ0) is 11.8. The fourth-order valence-corrected chi connectivity index (χ4v) is 2.27. The molecule has 1 aromatic carbocycles. The van der Waals surface area contributed by atoms with Gasteiger partial charge in [0.15, 0.2) is 0 Å². The second-order valence-electron chi connectivity index (χ2n) is 3.48. The molecule has 0 unspecified atom stereocenters. The second kappa shape index (κ2) is 7.63. The van der Waals surface area contributed by atoms with E-state index in [0.29, 0.717) is 4.90 Å². The average molecular weight is 245 g/mol. The zero-order valence-corrected chi connectivity index (χ0v) is 10.2. The first-order valence-electron chi connectivity index (χ1n) is 5.52. The van der Waals surface area contributed by atoms with Crippen LogP contribution in [0, 0.1) is 11.6 Å². The van der Waals surface area contributed by atoms with Gasteiger partial charge in [-0.15, -0.1) is 11.8 Å². The first-order chi connectivity index (χ1) is 7.74. The molecule has 16 heavy (non-hydrogen) atoms. The van der Waals surface area contributed by atoms with Crippen molar-refractivity contribution in [3.63, 3.8) is 0 Å². The molecule has 0 aromatic heterocycles. The predicted molar refractivity (Wildman–Crippen MR) is 64.9 cm³/mol. The molecule has 0 bridgehead atoms. The van der Waals surface area contributed by atoms with Crippen LogP contribution in [0.5, 0.6) is 0 Å². The zero-order valence-electron chi connectivity index (χ0n) is 9.43. The van der Waals surface area contributed by atoms with E-state index in [9.17, 15) is 8.78 Å². The SMILES string of the molecule is CCNCCCCSc1cc(F)ccc1F. The van der Waals surface area contributed by atoms with Crippen LogP contribution in [0.1, 0.15) is 19.8 Å². The van der Waals surface area contributed by atoms with E-state index in [-0.39, 0.29) is 11.6 Å². The summed E-state index contributed by atoms with van der Waals surface area (Å²) in [5.41, 5.74) is 0. The standard InChI is InChI=1S/C12H17F2NS/c1-2-15-7-3-4-8-16-12-9-10(13)5-6-11(12)14/h5-6,9,15H,2-4,7-8H2,1H3. The third-order valence-electron chi connectivity index (χ3n) is 2.15. The number of nitrogens with one attached hydrogen (secondary N) is 1. The molecule has 0 fully saturated rings. The van der Waals surface area contributed by atoms with Gasteiger partial charge < -0.3 is 5.32 Å². The molecule has 0 radical (unpaired) electrons. The highest BCUT2D eigenvalue weighted by Gasteiger charge is 2.03. The highest BCUT2D eigenvalue weighted by Crippen LogP contribution is 2.23. The van der Waals surface area contributed by atoms with Crippen molar-refractivity contribution in [1.82, 2.24) is 5.32 Å². The third-order valence-corrected chi connectivity index (χ3v) is 3.27. The number of halogens is 2. The van der Waals surface area contributed by atoms with Gasteiger partial charge in [0.25, 0.3) is 0 Å². The molecule has 0 aliphatic heterocycles. The Labute approximate surface area is 99.6 Å². The van der Waals surface area contributed by atoms with Crippen molar-refractivity contribution >= 4 is 11.8 Å². The number of thioether (sulfide) groups is 1. The van der Waals surface area contributed by atoms with Crippen LogP contribution in [-0.4, -0.2) is 18.8 Å². The highest BCUT2D eigenvalue weighted by molar-refractivity contribution is 7.99. The van der Waals surface area contributed by atoms with Crippen molar-refractivity contribution in [2.24, 2.45) is 0 Å². The van der Waals surface area contributed by atoms with E-state index in [4.69, 9.17) is 0 Å². The molecule has 0 saturated heterocycles. The maximum absolute atomic E-state index is 13.2. The molecule has 1 aromatic rings. The van der Waals surface area contributed by atoms with E-state index in [1.165, 1.54) is 23.9 Å². The Morgan fingerprint density at radius 3 is 2.81 bits per heavy atom. The summed E-state index contributed by atoms with van der Waals surface area (Å²) in [6.45, 7) is 4.03. The summed E-state index contributed by atoms with van der Waals surface area (Å²) >= 11 is 1.38. The van der Waals surface area contributed by atoms with Gasteiger partial charge in [-0.05, 0) is 49.9 Å². The van der Waals surface area contributed by atoms with Gasteiger partial charge in [-0.25, -0.2) is 8.78 Å². The summed E-state index contributed by atoms with van der Waals surface area (Å²) in [6, 6.07) is 3.57. The molecule has 90 valence electrons. The highest BCUT2D eigenvalue weighted by atomic mass is 32.2. The predicted octanol–water partition coefficient (Wildman–Crippen LogP) is 3.45. The summed E-state index contributed by atoms with van der Waals surface area (Å²) in [6.07, 6.45) is 2.07. The lowest BCUT2D eigenvalue weighted by Crippen LogP contribution is -2.13. The molecule has 0 saturated carbocycles. The molecule has 4 heteroatoms. The van der Waals surface area contributed by atoms with E-state index in [1.54, 1.807) is 0 Å². The van der Waals surface area contributed by atoms with Gasteiger partial charge in [0, 0.05) is 4.90 Å². The van der Waals surface area contributed by atoms with Crippen molar-refractivity contribution in [1.29, 1.82) is 0 Å². The minimum atomic E-state index is -0.378. The average Bonchev–Trinajstić information content (AvgIpc) is 2.28. The molecule has 0 heterocycles. The number of benzene rings is 1. The van der Waals surface area contributed by atoms with Crippen LogP contribution in [0.3, 0.4) is 0 Å². The van der Waals surface area contributed by atoms with Crippen LogP contribution in [-0.2, 0) is 0 Å². The van der Waals surface area contributed by atoms with E-state index in [0.717, 1.165) is 37.8 Å². The smallest absolute Gasteiger partial charge is 0.136 e. The Balaban J connectivity index is 2.23. The van der Waals surface area contributed by atoms with Gasteiger partial charge in [0.2, 0.25) is 0 Å². The maximum atomic E-state index is 13.2. The van der Waals surface area contributed by atoms with Crippen LogP contribution in [0.2, 0.25) is 0 Å². The molecule has 0 atom stereocenters. The Kier molecular flexibility index (Phi) is 6.42. The van der Waals surface area contributed by atoms with Crippen LogP contribution in [0.25, 0.3) is 0 Å². The summed E-state index contributed by atoms with van der Waals surface area (Å²) < 4.78 is 26.0. The van der Waals surface area contributed by atoms with Crippen molar-refractivity contribution in [3.8, 4) is 0 Å². The summed E-state index contributed by atoms with van der Waals surface area (Å²) in [7, 11) is 0. The lowest BCUT2D eigenvalue weighted by molar-refractivity contribution is 0.577. The van der Waals surface area contributed by atoms with Crippen molar-refractivity contribution in [2.45, 2.75) is 24.7 Å². The number of rotatable bonds is 7. The van der Waals surface area contributed by atoms with Crippen LogP contribution in [0.4, 0.5) is 8.78 Å². The molecular weight excluding hydrogens is 228 g/mol. The summed E-state index contributed by atoms with van der Waals surface area (Å²) in [5, 5.41) is 3.22. The van der Waals surface area contributed by atoms with Gasteiger partial charge in [-0.1, -0.05) is 6.92 Å². The van der Waals surface area contributed by atoms with Crippen molar-refractivity contribution in [2.75, 3.05) is 18.8 Å². The molecule has 0 aliphatic carbocycles. The fraction of sp³-hybridized carbons (Fsp3) is 0.500. The molecule has 0 aliphatic rings. The van der Waals surface area contributed by atoms with Crippen LogP contribution in [0.15, 0.2) is 23.1 Å². The van der Waals surface area contributed by atoms with Gasteiger partial charge in [-0.2, -0.15) is 0 Å². The van der Waals surface area contributed by atoms with Gasteiger partial charge in [-0.3, -0.25) is 0 Å². The normalized spacial score (nSPS) is 10.7. The van der Waals surface area contributed by atoms with Crippen molar-refractivity contribution in [3.05, 3.63) is 29.8 Å². The lowest BCUT2D eigenvalue weighted by Gasteiger charge is -2.04. The summed E-state index contributed by atoms with van der Waals surface area (Å²) in [5.74, 6) is 0.112. The Morgan fingerprint density at radius 2 is 2.06 bits per heavy atom. The minimum Gasteiger partial charge on any atom is -0.317 e. The quantitative estimate of drug-likeness (QED) is 0.583. The van der Waals surface area contributed by atoms with Gasteiger partial charge in [0.1, 0.15) is 11.6 Å². The first kappa shape index (κ1) is 13.5. The fourth-order valence-electron chi connectivity index (χ4n) is 1.30. The maximum Gasteiger partial charge on any atom is 0.136 e. The van der Waals surface area contributed by atoms with Crippen LogP contribution < -0.4 is 5.32 Å². The Hall–Kier alpha value is -0.610. The topological polar surface area (TPSA) is 12.0 Å². The lowest BCUT2D eigenvalue weighted by atomic mass is 10.3. The number of hydrogen-bond acceptors (Lipinski definition) is 2. The van der Waals surface area contributed by atoms with E-state index in [2.05, 4.69) is 12.2 Å². The van der Waals surface area contributed by atoms with Crippen molar-refractivity contribution < 1.29 is 8.78 Å².